The van der Waals surface area contributed by atoms with Crippen LogP contribution in [0.15, 0.2) is 60.8 Å². The lowest BCUT2D eigenvalue weighted by Gasteiger charge is -2.21. The van der Waals surface area contributed by atoms with E-state index in [-0.39, 0.29) is 6.42 Å². The van der Waals surface area contributed by atoms with E-state index in [2.05, 4.69) is 15.7 Å². The zero-order chi connectivity index (χ0) is 20.4. The molecule has 1 aromatic heterocycles. The fourth-order valence-electron chi connectivity index (χ4n) is 3.61. The van der Waals surface area contributed by atoms with Crippen molar-refractivity contribution in [1.29, 1.82) is 0 Å². The second kappa shape index (κ2) is 7.43. The van der Waals surface area contributed by atoms with E-state index < -0.39 is 23.4 Å². The number of nitrogens with zero attached hydrogens (tertiary/aromatic N) is 1. The molecule has 1 aliphatic rings. The molecule has 7 heteroatoms. The number of para-hydroxylation sites is 1. The maximum absolute atomic E-state index is 12.8. The van der Waals surface area contributed by atoms with Gasteiger partial charge in [-0.2, -0.15) is 5.01 Å². The number of carbonyl (C=O) groups is 3. The summed E-state index contributed by atoms with van der Waals surface area (Å²) in [6.45, 7) is 1.68. The maximum atomic E-state index is 12.8. The van der Waals surface area contributed by atoms with E-state index in [0.29, 0.717) is 12.8 Å². The Morgan fingerprint density at radius 3 is 2.59 bits per heavy atom. The molecular weight excluding hydrogens is 368 g/mol. The number of carbonyl (C=O) groups excluding carboxylic acids is 3. The lowest BCUT2D eigenvalue weighted by Crippen LogP contribution is -2.49. The highest BCUT2D eigenvalue weighted by atomic mass is 16.2. The summed E-state index contributed by atoms with van der Waals surface area (Å²) in [6.07, 6.45) is 2.90. The molecule has 7 nitrogen and oxygen atoms in total. The van der Waals surface area contributed by atoms with E-state index >= 15 is 0 Å². The zero-order valence-electron chi connectivity index (χ0n) is 16.1. The van der Waals surface area contributed by atoms with Crippen LogP contribution in [-0.2, 0) is 22.4 Å². The second-order valence-electron chi connectivity index (χ2n) is 7.46. The van der Waals surface area contributed by atoms with Gasteiger partial charge in [0.05, 0.1) is 6.42 Å². The quantitative estimate of drug-likeness (QED) is 0.565. The number of imide groups is 1. The molecule has 4 rings (SSSR count). The molecule has 2 heterocycles. The number of amides is 4. The van der Waals surface area contributed by atoms with E-state index in [1.807, 2.05) is 54.6 Å². The maximum Gasteiger partial charge on any atom is 0.344 e. The number of hydrazine groups is 1. The summed E-state index contributed by atoms with van der Waals surface area (Å²) in [4.78, 5) is 40.8. The SMILES string of the molecule is CC1(CCc2ccccc2)NC(=O)N(NC(=O)Cc2c[nH]c3ccccc23)C1=O. The fourth-order valence-corrected chi connectivity index (χ4v) is 3.61. The fraction of sp³-hybridized carbons (Fsp3) is 0.227. The highest BCUT2D eigenvalue weighted by Crippen LogP contribution is 2.23. The second-order valence-corrected chi connectivity index (χ2v) is 7.46. The van der Waals surface area contributed by atoms with E-state index in [9.17, 15) is 14.4 Å². The third-order valence-electron chi connectivity index (χ3n) is 5.28. The predicted molar refractivity (Wildman–Crippen MR) is 109 cm³/mol. The van der Waals surface area contributed by atoms with Crippen LogP contribution < -0.4 is 10.7 Å². The molecule has 148 valence electrons. The number of rotatable bonds is 6. The van der Waals surface area contributed by atoms with E-state index in [0.717, 1.165) is 27.0 Å². The van der Waals surface area contributed by atoms with Gasteiger partial charge in [-0.15, -0.1) is 0 Å². The Bertz CT molecular complexity index is 1080. The summed E-state index contributed by atoms with van der Waals surface area (Å²) in [6, 6.07) is 16.8. The molecule has 3 N–H and O–H groups in total. The van der Waals surface area contributed by atoms with Crippen LogP contribution in [0.3, 0.4) is 0 Å². The Balaban J connectivity index is 1.41. The molecule has 1 aliphatic heterocycles. The van der Waals surface area contributed by atoms with Crippen molar-refractivity contribution in [3.05, 3.63) is 71.9 Å². The zero-order valence-corrected chi connectivity index (χ0v) is 16.1. The van der Waals surface area contributed by atoms with Crippen LogP contribution >= 0.6 is 0 Å². The van der Waals surface area contributed by atoms with Gasteiger partial charge in [-0.25, -0.2) is 4.79 Å². The normalized spacial score (nSPS) is 18.9. The smallest absolute Gasteiger partial charge is 0.344 e. The molecule has 0 radical (unpaired) electrons. The molecule has 1 saturated heterocycles. The standard InChI is InChI=1S/C22H22N4O3/c1-22(12-11-15-7-3-2-4-8-15)20(28)26(21(29)24-22)25-19(27)13-16-14-23-18-10-6-5-9-17(16)18/h2-10,14,23H,11-13H2,1H3,(H,24,29)(H,25,27). The van der Waals surface area contributed by atoms with Crippen molar-refractivity contribution in [1.82, 2.24) is 20.7 Å². The average molecular weight is 390 g/mol. The Hall–Kier alpha value is -3.61. The van der Waals surface area contributed by atoms with Crippen molar-refractivity contribution in [2.75, 3.05) is 0 Å². The van der Waals surface area contributed by atoms with Gasteiger partial charge >= 0.3 is 6.03 Å². The summed E-state index contributed by atoms with van der Waals surface area (Å²) < 4.78 is 0. The van der Waals surface area contributed by atoms with Crippen molar-refractivity contribution >= 4 is 28.7 Å². The van der Waals surface area contributed by atoms with Gasteiger partial charge in [0.25, 0.3) is 5.91 Å². The molecule has 1 atom stereocenters. The lowest BCUT2D eigenvalue weighted by atomic mass is 9.93. The molecule has 0 spiro atoms. The van der Waals surface area contributed by atoms with Crippen molar-refractivity contribution in [3.8, 4) is 0 Å². The van der Waals surface area contributed by atoms with Crippen LogP contribution in [0.5, 0.6) is 0 Å². The van der Waals surface area contributed by atoms with Crippen molar-refractivity contribution < 1.29 is 14.4 Å². The summed E-state index contributed by atoms with van der Waals surface area (Å²) in [7, 11) is 0. The topological polar surface area (TPSA) is 94.3 Å². The molecule has 1 fully saturated rings. The molecular formula is C22H22N4O3. The third-order valence-corrected chi connectivity index (χ3v) is 5.28. The minimum atomic E-state index is -1.05. The van der Waals surface area contributed by atoms with Crippen molar-refractivity contribution in [2.24, 2.45) is 0 Å². The molecule has 29 heavy (non-hydrogen) atoms. The number of H-pyrrole nitrogens is 1. The first-order valence-corrected chi connectivity index (χ1v) is 9.51. The first-order valence-electron chi connectivity index (χ1n) is 9.51. The van der Waals surface area contributed by atoms with E-state index in [1.165, 1.54) is 0 Å². The monoisotopic (exact) mass is 390 g/mol. The van der Waals surface area contributed by atoms with Gasteiger partial charge in [-0.05, 0) is 37.0 Å². The Kier molecular flexibility index (Phi) is 4.80. The van der Waals surface area contributed by atoms with Crippen molar-refractivity contribution in [2.45, 2.75) is 31.7 Å². The molecule has 0 aliphatic carbocycles. The van der Waals surface area contributed by atoms with Gasteiger partial charge in [0, 0.05) is 17.1 Å². The van der Waals surface area contributed by atoms with Gasteiger partial charge in [0.15, 0.2) is 0 Å². The molecule has 2 aromatic carbocycles. The van der Waals surface area contributed by atoms with Crippen molar-refractivity contribution in [3.63, 3.8) is 0 Å². The summed E-state index contributed by atoms with van der Waals surface area (Å²) in [5, 5.41) is 4.44. The molecule has 3 aromatic rings. The van der Waals surface area contributed by atoms with Gasteiger partial charge in [-0.3, -0.25) is 15.0 Å². The number of fused-ring (bicyclic) bond motifs is 1. The Labute approximate surface area is 168 Å². The van der Waals surface area contributed by atoms with Crippen LogP contribution in [0.25, 0.3) is 10.9 Å². The van der Waals surface area contributed by atoms with Gasteiger partial charge in [0.1, 0.15) is 5.54 Å². The lowest BCUT2D eigenvalue weighted by molar-refractivity contribution is -0.138. The molecule has 0 bridgehead atoms. The first kappa shape index (κ1) is 18.7. The summed E-state index contributed by atoms with van der Waals surface area (Å²) >= 11 is 0. The van der Waals surface area contributed by atoms with Gasteiger partial charge < -0.3 is 10.3 Å². The summed E-state index contributed by atoms with van der Waals surface area (Å²) in [5.41, 5.74) is 4.21. The number of aromatic nitrogens is 1. The minimum Gasteiger partial charge on any atom is -0.361 e. The molecule has 0 saturated carbocycles. The van der Waals surface area contributed by atoms with E-state index in [4.69, 9.17) is 0 Å². The van der Waals surface area contributed by atoms with Crippen LogP contribution in [0.1, 0.15) is 24.5 Å². The first-order chi connectivity index (χ1) is 14.0. The predicted octanol–water partition coefficient (Wildman–Crippen LogP) is 2.68. The largest absolute Gasteiger partial charge is 0.361 e. The number of aromatic amines is 1. The highest BCUT2D eigenvalue weighted by molar-refractivity contribution is 6.07. The number of urea groups is 1. The number of hydrogen-bond donors (Lipinski definition) is 3. The Morgan fingerprint density at radius 2 is 1.79 bits per heavy atom. The number of benzene rings is 2. The average Bonchev–Trinajstić information content (AvgIpc) is 3.22. The number of aryl methyl sites for hydroxylation is 1. The number of nitrogens with one attached hydrogen (secondary N) is 3. The highest BCUT2D eigenvalue weighted by Gasteiger charge is 2.48. The van der Waals surface area contributed by atoms with Crippen LogP contribution in [0.2, 0.25) is 0 Å². The van der Waals surface area contributed by atoms with E-state index in [1.54, 1.807) is 13.1 Å². The van der Waals surface area contributed by atoms with Crippen LogP contribution in [0, 0.1) is 0 Å². The molecule has 1 unspecified atom stereocenters. The van der Waals surface area contributed by atoms with Gasteiger partial charge in [0.2, 0.25) is 5.91 Å². The summed E-state index contributed by atoms with van der Waals surface area (Å²) in [5.74, 6) is -0.878. The Morgan fingerprint density at radius 1 is 1.07 bits per heavy atom. The van der Waals surface area contributed by atoms with Crippen LogP contribution in [0.4, 0.5) is 4.79 Å². The number of hydrogen-bond acceptors (Lipinski definition) is 3. The van der Waals surface area contributed by atoms with Crippen LogP contribution in [-0.4, -0.2) is 33.4 Å². The minimum absolute atomic E-state index is 0.0573. The van der Waals surface area contributed by atoms with Gasteiger partial charge in [-0.1, -0.05) is 48.5 Å². The third kappa shape index (κ3) is 3.71. The molecule has 4 amide bonds.